The van der Waals surface area contributed by atoms with E-state index in [4.69, 9.17) is 4.74 Å². The molecule has 0 aromatic heterocycles. The molecule has 0 aliphatic heterocycles. The van der Waals surface area contributed by atoms with E-state index in [1.54, 1.807) is 39.2 Å². The molecule has 0 aromatic carbocycles. The molecule has 0 heterocycles. The minimum absolute atomic E-state index is 0.00128. The molecule has 0 radical (unpaired) electrons. The highest BCUT2D eigenvalue weighted by molar-refractivity contribution is 5.87. The lowest BCUT2D eigenvalue weighted by Gasteiger charge is -2.16. The summed E-state index contributed by atoms with van der Waals surface area (Å²) in [6.45, 7) is 4.97. The predicted octanol–water partition coefficient (Wildman–Crippen LogP) is 1.93. The number of aliphatic hydroxyl groups is 1. The maximum absolute atomic E-state index is 11.5. The van der Waals surface area contributed by atoms with Crippen LogP contribution in [-0.4, -0.2) is 42.2 Å². The SMILES string of the molecule is COC(/C=C/C=C/C(C)=O)CC/C=C/C(=O)NCC(C)(C)O. The third kappa shape index (κ3) is 13.3. The highest BCUT2D eigenvalue weighted by Gasteiger charge is 2.12. The lowest BCUT2D eigenvalue weighted by atomic mass is 10.1. The second kappa shape index (κ2) is 10.9. The lowest BCUT2D eigenvalue weighted by Crippen LogP contribution is -2.37. The molecule has 1 atom stereocenters. The fourth-order valence-electron chi connectivity index (χ4n) is 1.48. The number of hydrogen-bond acceptors (Lipinski definition) is 4. The van der Waals surface area contributed by atoms with Crippen LogP contribution in [0, 0.1) is 0 Å². The van der Waals surface area contributed by atoms with E-state index in [0.717, 1.165) is 6.42 Å². The molecule has 124 valence electrons. The van der Waals surface area contributed by atoms with Gasteiger partial charge in [0.1, 0.15) is 0 Å². The number of carbonyl (C=O) groups is 2. The normalized spacial score (nSPS) is 14.0. The van der Waals surface area contributed by atoms with Crippen molar-refractivity contribution in [3.05, 3.63) is 36.5 Å². The Labute approximate surface area is 132 Å². The summed E-state index contributed by atoms with van der Waals surface area (Å²) < 4.78 is 5.28. The van der Waals surface area contributed by atoms with Gasteiger partial charge >= 0.3 is 0 Å². The van der Waals surface area contributed by atoms with Gasteiger partial charge in [0.15, 0.2) is 5.78 Å². The van der Waals surface area contributed by atoms with E-state index >= 15 is 0 Å². The molecule has 1 amide bonds. The first kappa shape index (κ1) is 20.3. The van der Waals surface area contributed by atoms with Gasteiger partial charge < -0.3 is 15.2 Å². The number of allylic oxidation sites excluding steroid dienone is 4. The molecule has 0 bridgehead atoms. The van der Waals surface area contributed by atoms with Gasteiger partial charge in [-0.25, -0.2) is 0 Å². The van der Waals surface area contributed by atoms with Crippen molar-refractivity contribution in [1.82, 2.24) is 5.32 Å². The van der Waals surface area contributed by atoms with E-state index in [1.165, 1.54) is 19.1 Å². The number of methoxy groups -OCH3 is 1. The smallest absolute Gasteiger partial charge is 0.243 e. The first-order chi connectivity index (χ1) is 10.2. The van der Waals surface area contributed by atoms with Crippen LogP contribution in [0.15, 0.2) is 36.5 Å². The molecule has 0 spiro atoms. The fourth-order valence-corrected chi connectivity index (χ4v) is 1.48. The Hall–Kier alpha value is -1.72. The van der Waals surface area contributed by atoms with Crippen LogP contribution in [0.4, 0.5) is 0 Å². The molecule has 0 saturated carbocycles. The van der Waals surface area contributed by atoms with Crippen LogP contribution in [0.1, 0.15) is 33.6 Å². The van der Waals surface area contributed by atoms with Crippen LogP contribution in [0.3, 0.4) is 0 Å². The molecule has 5 heteroatoms. The second-order valence-corrected chi connectivity index (χ2v) is 5.64. The summed E-state index contributed by atoms with van der Waals surface area (Å²) in [6, 6.07) is 0. The van der Waals surface area contributed by atoms with Crippen molar-refractivity contribution in [2.45, 2.75) is 45.3 Å². The van der Waals surface area contributed by atoms with E-state index in [9.17, 15) is 14.7 Å². The molecule has 0 aromatic rings. The van der Waals surface area contributed by atoms with Crippen molar-refractivity contribution < 1.29 is 19.4 Å². The summed E-state index contributed by atoms with van der Waals surface area (Å²) in [5, 5.41) is 12.1. The highest BCUT2D eigenvalue weighted by atomic mass is 16.5. The highest BCUT2D eigenvalue weighted by Crippen LogP contribution is 2.04. The van der Waals surface area contributed by atoms with Gasteiger partial charge in [-0.05, 0) is 45.8 Å². The first-order valence-electron chi connectivity index (χ1n) is 7.29. The zero-order valence-electron chi connectivity index (χ0n) is 13.8. The van der Waals surface area contributed by atoms with Crippen molar-refractivity contribution in [2.75, 3.05) is 13.7 Å². The molecule has 5 nitrogen and oxygen atoms in total. The van der Waals surface area contributed by atoms with Crippen molar-refractivity contribution in [3.8, 4) is 0 Å². The van der Waals surface area contributed by atoms with E-state index in [-0.39, 0.29) is 24.3 Å². The van der Waals surface area contributed by atoms with Crippen molar-refractivity contribution in [2.24, 2.45) is 0 Å². The van der Waals surface area contributed by atoms with Crippen LogP contribution in [0.25, 0.3) is 0 Å². The summed E-state index contributed by atoms with van der Waals surface area (Å²) in [6.07, 6.45) is 11.4. The molecule has 0 aliphatic carbocycles. The summed E-state index contributed by atoms with van der Waals surface area (Å²) in [5.74, 6) is -0.227. The van der Waals surface area contributed by atoms with Gasteiger partial charge in [-0.2, -0.15) is 0 Å². The predicted molar refractivity (Wildman–Crippen MR) is 87.4 cm³/mol. The van der Waals surface area contributed by atoms with Crippen LogP contribution in [0.2, 0.25) is 0 Å². The maximum Gasteiger partial charge on any atom is 0.243 e. The van der Waals surface area contributed by atoms with Crippen molar-refractivity contribution >= 4 is 11.7 Å². The fraction of sp³-hybridized carbons (Fsp3) is 0.529. The number of amides is 1. The molecular weight excluding hydrogens is 282 g/mol. The quantitative estimate of drug-likeness (QED) is 0.477. The maximum atomic E-state index is 11.5. The van der Waals surface area contributed by atoms with Gasteiger partial charge in [-0.15, -0.1) is 0 Å². The Kier molecular flexibility index (Phi) is 10.1. The van der Waals surface area contributed by atoms with Crippen LogP contribution < -0.4 is 5.32 Å². The number of hydrogen-bond donors (Lipinski definition) is 2. The largest absolute Gasteiger partial charge is 0.389 e. The van der Waals surface area contributed by atoms with E-state index in [1.807, 2.05) is 6.08 Å². The summed E-state index contributed by atoms with van der Waals surface area (Å²) in [7, 11) is 1.61. The zero-order chi connectivity index (χ0) is 17.0. The number of nitrogens with one attached hydrogen (secondary N) is 1. The second-order valence-electron chi connectivity index (χ2n) is 5.64. The van der Waals surface area contributed by atoms with Gasteiger partial charge in [0.2, 0.25) is 5.91 Å². The van der Waals surface area contributed by atoms with Crippen LogP contribution in [-0.2, 0) is 14.3 Å². The standard InChI is InChI=1S/C17H27NO4/c1-14(19)9-5-6-10-15(22-4)11-7-8-12-16(20)18-13-17(2,3)21/h5-6,8-10,12,15,21H,7,11,13H2,1-4H3,(H,18,20)/b9-5+,10-6+,12-8+. The molecule has 1 unspecified atom stereocenters. The Morgan fingerprint density at radius 1 is 1.27 bits per heavy atom. The Balaban J connectivity index is 4.06. The van der Waals surface area contributed by atoms with Gasteiger partial charge in [-0.1, -0.05) is 24.3 Å². The lowest BCUT2D eigenvalue weighted by molar-refractivity contribution is -0.117. The van der Waals surface area contributed by atoms with E-state index in [2.05, 4.69) is 5.32 Å². The number of ketones is 1. The van der Waals surface area contributed by atoms with Crippen LogP contribution >= 0.6 is 0 Å². The number of rotatable bonds is 10. The Morgan fingerprint density at radius 3 is 2.50 bits per heavy atom. The van der Waals surface area contributed by atoms with Gasteiger partial charge in [0.25, 0.3) is 0 Å². The topological polar surface area (TPSA) is 75.6 Å². The number of carbonyl (C=O) groups excluding carboxylic acids is 2. The average molecular weight is 309 g/mol. The van der Waals surface area contributed by atoms with Gasteiger partial charge in [-0.3, -0.25) is 9.59 Å². The molecular formula is C17H27NO4. The summed E-state index contributed by atoms with van der Waals surface area (Å²) >= 11 is 0. The van der Waals surface area contributed by atoms with Crippen molar-refractivity contribution in [3.63, 3.8) is 0 Å². The average Bonchev–Trinajstić information content (AvgIpc) is 2.42. The summed E-state index contributed by atoms with van der Waals surface area (Å²) in [4.78, 5) is 22.2. The molecule has 0 fully saturated rings. The van der Waals surface area contributed by atoms with Crippen LogP contribution in [0.5, 0.6) is 0 Å². The minimum atomic E-state index is -0.914. The Bertz CT molecular complexity index is 430. The third-order valence-electron chi connectivity index (χ3n) is 2.65. The molecule has 0 aliphatic rings. The van der Waals surface area contributed by atoms with Crippen molar-refractivity contribution in [1.29, 1.82) is 0 Å². The van der Waals surface area contributed by atoms with E-state index in [0.29, 0.717) is 6.42 Å². The van der Waals surface area contributed by atoms with Gasteiger partial charge in [0.05, 0.1) is 11.7 Å². The van der Waals surface area contributed by atoms with Gasteiger partial charge in [0, 0.05) is 13.7 Å². The zero-order valence-corrected chi connectivity index (χ0v) is 13.8. The number of ether oxygens (including phenoxy) is 1. The van der Waals surface area contributed by atoms with E-state index < -0.39 is 5.60 Å². The molecule has 0 rings (SSSR count). The Morgan fingerprint density at radius 2 is 1.95 bits per heavy atom. The molecule has 22 heavy (non-hydrogen) atoms. The first-order valence-corrected chi connectivity index (χ1v) is 7.29. The molecule has 2 N–H and O–H groups in total. The third-order valence-corrected chi connectivity index (χ3v) is 2.65. The summed E-state index contributed by atoms with van der Waals surface area (Å²) in [5.41, 5.74) is -0.914. The molecule has 0 saturated heterocycles. The minimum Gasteiger partial charge on any atom is -0.389 e. The monoisotopic (exact) mass is 309 g/mol.